The number of pyridine rings is 1. The van der Waals surface area contributed by atoms with Crippen molar-refractivity contribution in [3.8, 4) is 0 Å². The molecule has 3 rings (SSSR count). The predicted molar refractivity (Wildman–Crippen MR) is 76.4 cm³/mol. The van der Waals surface area contributed by atoms with Crippen molar-refractivity contribution < 1.29 is 5.11 Å². The molecule has 19 heavy (non-hydrogen) atoms. The normalized spacial score (nSPS) is 18.1. The fourth-order valence-electron chi connectivity index (χ4n) is 2.38. The van der Waals surface area contributed by atoms with Gasteiger partial charge in [0.05, 0.1) is 16.7 Å². The lowest BCUT2D eigenvalue weighted by atomic mass is 10.0. The second-order valence-corrected chi connectivity index (χ2v) is 5.94. The number of hydrogen-bond donors (Lipinski definition) is 1. The smallest absolute Gasteiger partial charge is 0.185 e. The quantitative estimate of drug-likeness (QED) is 0.935. The van der Waals surface area contributed by atoms with E-state index < -0.39 is 0 Å². The molecule has 1 aliphatic carbocycles. The summed E-state index contributed by atoms with van der Waals surface area (Å²) in [5, 5.41) is 11.0. The molecule has 0 radical (unpaired) electrons. The van der Waals surface area contributed by atoms with Gasteiger partial charge >= 0.3 is 0 Å². The van der Waals surface area contributed by atoms with E-state index in [-0.39, 0.29) is 6.10 Å². The monoisotopic (exact) mass is 275 g/mol. The molecule has 0 fully saturated rings. The van der Waals surface area contributed by atoms with Crippen molar-refractivity contribution in [1.29, 1.82) is 0 Å². The van der Waals surface area contributed by atoms with Crippen LogP contribution in [0.2, 0.25) is 0 Å². The highest BCUT2D eigenvalue weighted by molar-refractivity contribution is 7.15. The summed E-state index contributed by atoms with van der Waals surface area (Å²) in [5.74, 6) is 0. The highest BCUT2D eigenvalue weighted by Gasteiger charge is 2.23. The van der Waals surface area contributed by atoms with Gasteiger partial charge in [-0.3, -0.25) is 4.98 Å². The van der Waals surface area contributed by atoms with Crippen molar-refractivity contribution >= 4 is 16.5 Å². The number of fused-ring (bicyclic) bond motifs is 1. The van der Waals surface area contributed by atoms with Gasteiger partial charge in [0.25, 0.3) is 0 Å². The minimum Gasteiger partial charge on any atom is -0.388 e. The van der Waals surface area contributed by atoms with Crippen LogP contribution in [0.3, 0.4) is 0 Å². The van der Waals surface area contributed by atoms with Crippen LogP contribution in [0.5, 0.6) is 0 Å². The SMILES string of the molecule is CN(Cc1ccncc1)c1nc2c(s1)C(O)CCC2. The number of anilines is 1. The van der Waals surface area contributed by atoms with Crippen molar-refractivity contribution in [3.05, 3.63) is 40.7 Å². The van der Waals surface area contributed by atoms with E-state index in [0.29, 0.717) is 0 Å². The molecule has 0 spiro atoms. The van der Waals surface area contributed by atoms with E-state index >= 15 is 0 Å². The van der Waals surface area contributed by atoms with Gasteiger partial charge < -0.3 is 10.0 Å². The number of thiazole rings is 1. The number of rotatable bonds is 3. The van der Waals surface area contributed by atoms with Crippen LogP contribution in [0.25, 0.3) is 0 Å². The van der Waals surface area contributed by atoms with Gasteiger partial charge in [-0.05, 0) is 37.0 Å². The van der Waals surface area contributed by atoms with Crippen LogP contribution in [0.4, 0.5) is 5.13 Å². The van der Waals surface area contributed by atoms with Gasteiger partial charge in [-0.15, -0.1) is 0 Å². The summed E-state index contributed by atoms with van der Waals surface area (Å²) >= 11 is 1.62. The highest BCUT2D eigenvalue weighted by atomic mass is 32.1. The number of aryl methyl sites for hydroxylation is 1. The first kappa shape index (κ1) is 12.6. The minimum atomic E-state index is -0.315. The van der Waals surface area contributed by atoms with Crippen molar-refractivity contribution in [3.63, 3.8) is 0 Å². The third-order valence-electron chi connectivity index (χ3n) is 3.41. The number of nitrogens with zero attached hydrogens (tertiary/aromatic N) is 3. The Labute approximate surface area is 116 Å². The molecule has 100 valence electrons. The number of hydrogen-bond acceptors (Lipinski definition) is 5. The summed E-state index contributed by atoms with van der Waals surface area (Å²) in [6.45, 7) is 0.811. The Morgan fingerprint density at radius 2 is 2.21 bits per heavy atom. The minimum absolute atomic E-state index is 0.315. The van der Waals surface area contributed by atoms with Gasteiger partial charge in [0.15, 0.2) is 5.13 Å². The summed E-state index contributed by atoms with van der Waals surface area (Å²) < 4.78 is 0. The molecule has 1 aliphatic rings. The zero-order valence-corrected chi connectivity index (χ0v) is 11.7. The van der Waals surface area contributed by atoms with Gasteiger partial charge in [-0.1, -0.05) is 11.3 Å². The van der Waals surface area contributed by atoms with Crippen LogP contribution in [0.15, 0.2) is 24.5 Å². The Bertz CT molecular complexity index is 555. The summed E-state index contributed by atoms with van der Waals surface area (Å²) in [4.78, 5) is 11.9. The first-order valence-electron chi connectivity index (χ1n) is 6.52. The van der Waals surface area contributed by atoms with Gasteiger partial charge in [-0.25, -0.2) is 4.98 Å². The maximum absolute atomic E-state index is 9.99. The molecular weight excluding hydrogens is 258 g/mol. The second-order valence-electron chi connectivity index (χ2n) is 4.93. The number of aliphatic hydroxyl groups excluding tert-OH is 1. The van der Waals surface area contributed by atoms with Crippen molar-refractivity contribution in [2.75, 3.05) is 11.9 Å². The van der Waals surface area contributed by atoms with Crippen LogP contribution < -0.4 is 4.90 Å². The molecule has 0 aliphatic heterocycles. The summed E-state index contributed by atoms with van der Waals surface area (Å²) in [6, 6.07) is 4.03. The number of aliphatic hydroxyl groups is 1. The molecule has 5 heteroatoms. The van der Waals surface area contributed by atoms with E-state index in [9.17, 15) is 5.11 Å². The standard InChI is InChI=1S/C14H17N3OS/c1-17(9-10-5-7-15-8-6-10)14-16-11-3-2-4-12(18)13(11)19-14/h5-8,12,18H,2-4,9H2,1H3. The molecule has 2 heterocycles. The molecule has 1 atom stereocenters. The Morgan fingerprint density at radius 3 is 2.95 bits per heavy atom. The third-order valence-corrected chi connectivity index (χ3v) is 4.72. The van der Waals surface area contributed by atoms with Gasteiger partial charge in [0, 0.05) is 26.0 Å². The van der Waals surface area contributed by atoms with Crippen LogP contribution in [0, 0.1) is 0 Å². The predicted octanol–water partition coefficient (Wildman–Crippen LogP) is 2.54. The maximum Gasteiger partial charge on any atom is 0.185 e. The van der Waals surface area contributed by atoms with Crippen LogP contribution in [0.1, 0.15) is 35.1 Å². The van der Waals surface area contributed by atoms with Crippen LogP contribution >= 0.6 is 11.3 Å². The van der Waals surface area contributed by atoms with E-state index in [1.54, 1.807) is 23.7 Å². The maximum atomic E-state index is 9.99. The fourth-order valence-corrected chi connectivity index (χ4v) is 3.47. The average Bonchev–Trinajstić information content (AvgIpc) is 2.85. The Kier molecular flexibility index (Phi) is 3.48. The molecule has 4 nitrogen and oxygen atoms in total. The first-order chi connectivity index (χ1) is 9.24. The van der Waals surface area contributed by atoms with E-state index in [2.05, 4.69) is 14.9 Å². The molecule has 2 aromatic heterocycles. The molecule has 0 amide bonds. The average molecular weight is 275 g/mol. The van der Waals surface area contributed by atoms with Crippen molar-refractivity contribution in [1.82, 2.24) is 9.97 Å². The zero-order chi connectivity index (χ0) is 13.2. The zero-order valence-electron chi connectivity index (χ0n) is 10.9. The highest BCUT2D eigenvalue weighted by Crippen LogP contribution is 2.37. The van der Waals surface area contributed by atoms with Gasteiger partial charge in [-0.2, -0.15) is 0 Å². The van der Waals surface area contributed by atoms with E-state index in [1.807, 2.05) is 19.2 Å². The van der Waals surface area contributed by atoms with E-state index in [4.69, 9.17) is 0 Å². The Hall–Kier alpha value is -1.46. The Morgan fingerprint density at radius 1 is 1.42 bits per heavy atom. The molecule has 0 aromatic carbocycles. The molecule has 2 aromatic rings. The molecule has 1 N–H and O–H groups in total. The van der Waals surface area contributed by atoms with E-state index in [0.717, 1.165) is 41.5 Å². The lowest BCUT2D eigenvalue weighted by Gasteiger charge is -2.15. The Balaban J connectivity index is 1.79. The van der Waals surface area contributed by atoms with Crippen LogP contribution in [-0.2, 0) is 13.0 Å². The third kappa shape index (κ3) is 2.62. The lowest BCUT2D eigenvalue weighted by Crippen LogP contribution is -2.16. The molecular formula is C14H17N3OS. The van der Waals surface area contributed by atoms with Crippen molar-refractivity contribution in [2.24, 2.45) is 0 Å². The molecule has 0 bridgehead atoms. The largest absolute Gasteiger partial charge is 0.388 e. The second kappa shape index (κ2) is 5.27. The van der Waals surface area contributed by atoms with E-state index in [1.165, 1.54) is 5.56 Å². The molecule has 1 unspecified atom stereocenters. The lowest BCUT2D eigenvalue weighted by molar-refractivity contribution is 0.160. The van der Waals surface area contributed by atoms with Crippen molar-refractivity contribution in [2.45, 2.75) is 31.9 Å². The topological polar surface area (TPSA) is 49.2 Å². The summed E-state index contributed by atoms with van der Waals surface area (Å²) in [5.41, 5.74) is 2.30. The van der Waals surface area contributed by atoms with Gasteiger partial charge in [0.1, 0.15) is 0 Å². The fraction of sp³-hybridized carbons (Fsp3) is 0.429. The molecule has 0 saturated carbocycles. The van der Waals surface area contributed by atoms with Gasteiger partial charge in [0.2, 0.25) is 0 Å². The number of aromatic nitrogens is 2. The first-order valence-corrected chi connectivity index (χ1v) is 7.33. The molecule has 0 saturated heterocycles. The van der Waals surface area contributed by atoms with Crippen LogP contribution in [-0.4, -0.2) is 22.1 Å². The summed E-state index contributed by atoms with van der Waals surface area (Å²) in [6.07, 6.45) is 6.18. The summed E-state index contributed by atoms with van der Waals surface area (Å²) in [7, 11) is 2.04.